The molecule has 3 heterocycles. The molecule has 11 nitrogen and oxygen atoms in total. The van der Waals surface area contributed by atoms with Gasteiger partial charge in [0.2, 0.25) is 5.91 Å². The number of nitrogens with zero attached hydrogens (tertiary/aromatic N) is 4. The maximum atomic E-state index is 13.0. The van der Waals surface area contributed by atoms with Crippen LogP contribution in [0, 0.1) is 6.92 Å². The number of H-pyrrole nitrogens is 1. The highest BCUT2D eigenvalue weighted by Crippen LogP contribution is 2.27. The third kappa shape index (κ3) is 4.66. The lowest BCUT2D eigenvalue weighted by Gasteiger charge is -2.22. The lowest BCUT2D eigenvalue weighted by Crippen LogP contribution is -2.41. The van der Waals surface area contributed by atoms with E-state index in [1.165, 1.54) is 15.7 Å². The molecule has 0 saturated carbocycles. The van der Waals surface area contributed by atoms with Crippen molar-refractivity contribution < 1.29 is 13.6 Å². The van der Waals surface area contributed by atoms with E-state index in [1.54, 1.807) is 19.9 Å². The van der Waals surface area contributed by atoms with Crippen LogP contribution >= 0.6 is 11.8 Å². The van der Waals surface area contributed by atoms with E-state index in [-0.39, 0.29) is 41.5 Å². The smallest absolute Gasteiger partial charge is 0.330 e. The number of aromatic nitrogens is 4. The molecule has 1 aromatic carbocycles. The van der Waals surface area contributed by atoms with E-state index in [0.717, 1.165) is 17.3 Å². The van der Waals surface area contributed by atoms with E-state index in [2.05, 4.69) is 15.2 Å². The number of nitrogen functional groups attached to an aromatic ring is 1. The van der Waals surface area contributed by atoms with E-state index >= 15 is 0 Å². The summed E-state index contributed by atoms with van der Waals surface area (Å²) in [5.41, 5.74) is 6.24. The van der Waals surface area contributed by atoms with Crippen molar-refractivity contribution >= 4 is 29.2 Å². The molecule has 4 aromatic rings. The molecule has 0 spiro atoms. The molecule has 0 aliphatic heterocycles. The van der Waals surface area contributed by atoms with Gasteiger partial charge >= 0.3 is 5.69 Å². The van der Waals surface area contributed by atoms with Crippen molar-refractivity contribution in [3.8, 4) is 11.5 Å². The molecule has 3 aromatic heterocycles. The van der Waals surface area contributed by atoms with Gasteiger partial charge in [-0.15, -0.1) is 10.2 Å². The Morgan fingerprint density at radius 2 is 1.97 bits per heavy atom. The number of hydrogen-bond acceptors (Lipinski definition) is 9. The van der Waals surface area contributed by atoms with Crippen molar-refractivity contribution in [3.05, 3.63) is 74.8 Å². The predicted molar refractivity (Wildman–Crippen MR) is 127 cm³/mol. The summed E-state index contributed by atoms with van der Waals surface area (Å²) in [5.74, 6) is 0.328. The van der Waals surface area contributed by atoms with Gasteiger partial charge in [0.1, 0.15) is 11.6 Å². The maximum absolute atomic E-state index is 13.0. The summed E-state index contributed by atoms with van der Waals surface area (Å²) in [6, 6.07) is 10.9. The molecule has 12 heteroatoms. The number of thioether (sulfide) groups is 1. The van der Waals surface area contributed by atoms with Crippen LogP contribution in [0.3, 0.4) is 0 Å². The van der Waals surface area contributed by atoms with Crippen molar-refractivity contribution in [1.82, 2.24) is 19.7 Å². The Morgan fingerprint density at radius 1 is 1.21 bits per heavy atom. The number of carbonyl (C=O) groups is 1. The number of benzene rings is 1. The molecule has 0 aliphatic carbocycles. The Balaban J connectivity index is 1.55. The SMILES string of the molecule is CCN(C(=O)CSc1nnc(-c2ccoc2C)o1)c1c(N)n(Cc2ccccc2)c(=O)[nH]c1=O. The summed E-state index contributed by atoms with van der Waals surface area (Å²) >= 11 is 1.03. The van der Waals surface area contributed by atoms with Crippen LogP contribution < -0.4 is 21.9 Å². The van der Waals surface area contributed by atoms with Crippen LogP contribution in [0.5, 0.6) is 0 Å². The zero-order chi connectivity index (χ0) is 24.2. The van der Waals surface area contributed by atoms with Crippen LogP contribution in [-0.4, -0.2) is 38.0 Å². The quantitative estimate of drug-likeness (QED) is 0.360. The van der Waals surface area contributed by atoms with Crippen molar-refractivity contribution in [1.29, 1.82) is 0 Å². The zero-order valence-electron chi connectivity index (χ0n) is 18.5. The average molecular weight is 483 g/mol. The first-order chi connectivity index (χ1) is 16.4. The van der Waals surface area contributed by atoms with E-state index < -0.39 is 17.2 Å². The number of carbonyl (C=O) groups excluding carboxylic acids is 1. The Bertz CT molecular complexity index is 1420. The molecular weight excluding hydrogens is 460 g/mol. The summed E-state index contributed by atoms with van der Waals surface area (Å²) in [5, 5.41) is 8.11. The molecular formula is C22H22N6O5S. The van der Waals surface area contributed by atoms with Gasteiger partial charge in [-0.2, -0.15) is 0 Å². The minimum absolute atomic E-state index is 0.0797. The topological polar surface area (TPSA) is 153 Å². The molecule has 0 saturated heterocycles. The monoisotopic (exact) mass is 482 g/mol. The predicted octanol–water partition coefficient (Wildman–Crippen LogP) is 2.26. The summed E-state index contributed by atoms with van der Waals surface area (Å²) in [6.07, 6.45) is 1.52. The van der Waals surface area contributed by atoms with Gasteiger partial charge in [0.15, 0.2) is 5.69 Å². The number of rotatable bonds is 8. The number of furan rings is 1. The van der Waals surface area contributed by atoms with Gasteiger partial charge in [-0.25, -0.2) is 4.79 Å². The van der Waals surface area contributed by atoms with Crippen molar-refractivity contribution in [2.45, 2.75) is 25.6 Å². The maximum Gasteiger partial charge on any atom is 0.330 e. The largest absolute Gasteiger partial charge is 0.469 e. The van der Waals surface area contributed by atoms with E-state index in [9.17, 15) is 14.4 Å². The van der Waals surface area contributed by atoms with Crippen molar-refractivity contribution in [3.63, 3.8) is 0 Å². The summed E-state index contributed by atoms with van der Waals surface area (Å²) in [7, 11) is 0. The molecule has 34 heavy (non-hydrogen) atoms. The fraction of sp³-hybridized carbons (Fsp3) is 0.227. The third-order valence-corrected chi connectivity index (χ3v) is 5.90. The minimum atomic E-state index is -0.734. The number of nitrogens with two attached hydrogens (primary N) is 1. The number of hydrogen-bond donors (Lipinski definition) is 2. The first-order valence-electron chi connectivity index (χ1n) is 10.4. The molecule has 176 valence electrons. The van der Waals surface area contributed by atoms with Crippen LogP contribution in [0.4, 0.5) is 11.5 Å². The first-order valence-corrected chi connectivity index (χ1v) is 11.3. The van der Waals surface area contributed by atoms with Gasteiger partial charge in [-0.1, -0.05) is 42.1 Å². The lowest BCUT2D eigenvalue weighted by molar-refractivity contribution is -0.116. The number of aromatic amines is 1. The molecule has 4 rings (SSSR count). The Hall–Kier alpha value is -4.06. The van der Waals surface area contributed by atoms with E-state index in [0.29, 0.717) is 11.3 Å². The zero-order valence-corrected chi connectivity index (χ0v) is 19.3. The van der Waals surface area contributed by atoms with Gasteiger partial charge in [0.05, 0.1) is 24.1 Å². The molecule has 0 fully saturated rings. The van der Waals surface area contributed by atoms with Crippen molar-refractivity contribution in [2.24, 2.45) is 0 Å². The second-order valence-electron chi connectivity index (χ2n) is 7.26. The fourth-order valence-electron chi connectivity index (χ4n) is 3.41. The molecule has 3 N–H and O–H groups in total. The summed E-state index contributed by atoms with van der Waals surface area (Å²) < 4.78 is 12.1. The van der Waals surface area contributed by atoms with Crippen LogP contribution in [0.25, 0.3) is 11.5 Å². The number of aryl methyl sites for hydroxylation is 1. The lowest BCUT2D eigenvalue weighted by atomic mass is 10.2. The standard InChI is InChI=1S/C22H22N6O5S/c1-3-27(16(29)12-34-22-26-25-20(33-22)15-9-10-32-13(15)2)17-18(23)28(21(31)24-19(17)30)11-14-7-5-4-6-8-14/h4-10H,3,11-12,23H2,1-2H3,(H,24,30,31). The van der Waals surface area contributed by atoms with E-state index in [4.69, 9.17) is 14.6 Å². The summed E-state index contributed by atoms with van der Waals surface area (Å²) in [6.45, 7) is 3.79. The highest BCUT2D eigenvalue weighted by Gasteiger charge is 2.24. The van der Waals surface area contributed by atoms with Gasteiger partial charge in [0.25, 0.3) is 16.7 Å². The van der Waals surface area contributed by atoms with Crippen LogP contribution in [-0.2, 0) is 11.3 Å². The third-order valence-electron chi connectivity index (χ3n) is 5.10. The molecule has 0 bridgehead atoms. The van der Waals surface area contributed by atoms with Gasteiger partial charge in [0, 0.05) is 6.54 Å². The second kappa shape index (κ2) is 9.83. The average Bonchev–Trinajstić information content (AvgIpc) is 3.47. The highest BCUT2D eigenvalue weighted by molar-refractivity contribution is 7.99. The Kier molecular flexibility index (Phi) is 6.68. The fourth-order valence-corrected chi connectivity index (χ4v) is 4.04. The second-order valence-corrected chi connectivity index (χ2v) is 8.18. The van der Waals surface area contributed by atoms with Crippen LogP contribution in [0.15, 0.2) is 66.3 Å². The molecule has 0 unspecified atom stereocenters. The number of nitrogens with one attached hydrogen (secondary N) is 1. The van der Waals surface area contributed by atoms with Gasteiger partial charge in [-0.05, 0) is 25.5 Å². The molecule has 0 radical (unpaired) electrons. The minimum Gasteiger partial charge on any atom is -0.469 e. The molecule has 1 amide bonds. The summed E-state index contributed by atoms with van der Waals surface area (Å²) in [4.78, 5) is 41.5. The van der Waals surface area contributed by atoms with Crippen molar-refractivity contribution in [2.75, 3.05) is 22.9 Å². The Labute approximate surface area is 197 Å². The Morgan fingerprint density at radius 3 is 2.65 bits per heavy atom. The van der Waals surface area contributed by atoms with E-state index in [1.807, 2.05) is 30.3 Å². The van der Waals surface area contributed by atoms with Crippen LogP contribution in [0.1, 0.15) is 18.2 Å². The molecule has 0 atom stereocenters. The van der Waals surface area contributed by atoms with Gasteiger partial charge < -0.3 is 19.5 Å². The highest BCUT2D eigenvalue weighted by atomic mass is 32.2. The molecule has 0 aliphatic rings. The first kappa shape index (κ1) is 23.1. The number of amides is 1. The normalized spacial score (nSPS) is 11.0. The van der Waals surface area contributed by atoms with Crippen LogP contribution in [0.2, 0.25) is 0 Å². The number of anilines is 2. The van der Waals surface area contributed by atoms with Gasteiger partial charge in [-0.3, -0.25) is 19.1 Å².